The molecular formula is C13H17BrN2O. The molecule has 4 heteroatoms. The SMILES string of the molecule is COc1ccc(Br)c(N=C(N)C2CCCC2)c1. The van der Waals surface area contributed by atoms with Gasteiger partial charge in [-0.25, -0.2) is 4.99 Å². The first-order chi connectivity index (χ1) is 8.20. The molecule has 1 fully saturated rings. The molecule has 2 rings (SSSR count). The third-order valence-corrected chi connectivity index (χ3v) is 3.85. The Morgan fingerprint density at radius 2 is 2.12 bits per heavy atom. The number of hydrogen-bond acceptors (Lipinski definition) is 2. The summed E-state index contributed by atoms with van der Waals surface area (Å²) in [5.41, 5.74) is 6.90. The highest BCUT2D eigenvalue weighted by Gasteiger charge is 2.18. The maximum Gasteiger partial charge on any atom is 0.121 e. The molecule has 2 N–H and O–H groups in total. The van der Waals surface area contributed by atoms with Crippen LogP contribution < -0.4 is 10.5 Å². The van der Waals surface area contributed by atoms with Crippen LogP contribution in [0.5, 0.6) is 5.75 Å². The van der Waals surface area contributed by atoms with Crippen LogP contribution in [-0.4, -0.2) is 12.9 Å². The van der Waals surface area contributed by atoms with Crippen LogP contribution in [0.3, 0.4) is 0 Å². The van der Waals surface area contributed by atoms with Crippen molar-refractivity contribution in [1.82, 2.24) is 0 Å². The van der Waals surface area contributed by atoms with Gasteiger partial charge in [-0.2, -0.15) is 0 Å². The van der Waals surface area contributed by atoms with Crippen LogP contribution in [0.2, 0.25) is 0 Å². The fraction of sp³-hybridized carbons (Fsp3) is 0.462. The van der Waals surface area contributed by atoms with Gasteiger partial charge in [0.25, 0.3) is 0 Å². The van der Waals surface area contributed by atoms with Crippen LogP contribution >= 0.6 is 15.9 Å². The zero-order valence-corrected chi connectivity index (χ0v) is 11.5. The molecule has 0 saturated heterocycles. The van der Waals surface area contributed by atoms with E-state index in [-0.39, 0.29) is 0 Å². The fourth-order valence-corrected chi connectivity index (χ4v) is 2.49. The number of benzene rings is 1. The molecule has 17 heavy (non-hydrogen) atoms. The molecule has 0 heterocycles. The summed E-state index contributed by atoms with van der Waals surface area (Å²) in [5.74, 6) is 2.00. The van der Waals surface area contributed by atoms with Crippen LogP contribution in [0, 0.1) is 5.92 Å². The lowest BCUT2D eigenvalue weighted by Gasteiger charge is -2.09. The number of methoxy groups -OCH3 is 1. The van der Waals surface area contributed by atoms with Gasteiger partial charge >= 0.3 is 0 Å². The predicted octanol–water partition coefficient (Wildman–Crippen LogP) is 3.64. The van der Waals surface area contributed by atoms with E-state index in [0.29, 0.717) is 5.92 Å². The molecule has 1 saturated carbocycles. The van der Waals surface area contributed by atoms with Crippen molar-refractivity contribution in [3.05, 3.63) is 22.7 Å². The molecule has 0 spiro atoms. The summed E-state index contributed by atoms with van der Waals surface area (Å²) in [6, 6.07) is 5.72. The van der Waals surface area contributed by atoms with Gasteiger partial charge in [0.1, 0.15) is 11.6 Å². The van der Waals surface area contributed by atoms with E-state index >= 15 is 0 Å². The van der Waals surface area contributed by atoms with E-state index in [9.17, 15) is 0 Å². The fourth-order valence-electron chi connectivity index (χ4n) is 2.16. The van der Waals surface area contributed by atoms with Crippen molar-refractivity contribution in [2.45, 2.75) is 25.7 Å². The van der Waals surface area contributed by atoms with Gasteiger partial charge in [-0.1, -0.05) is 12.8 Å². The number of hydrogen-bond donors (Lipinski definition) is 1. The standard InChI is InChI=1S/C13H17BrN2O/c1-17-10-6-7-11(14)12(8-10)16-13(15)9-4-2-3-5-9/h6-9H,2-5H2,1H3,(H2,15,16). The van der Waals surface area contributed by atoms with Crippen molar-refractivity contribution in [2.75, 3.05) is 7.11 Å². The quantitative estimate of drug-likeness (QED) is 0.684. The third-order valence-electron chi connectivity index (χ3n) is 3.18. The topological polar surface area (TPSA) is 47.6 Å². The highest BCUT2D eigenvalue weighted by atomic mass is 79.9. The summed E-state index contributed by atoms with van der Waals surface area (Å²) < 4.78 is 6.13. The second-order valence-corrected chi connectivity index (χ2v) is 5.19. The van der Waals surface area contributed by atoms with Gasteiger partial charge in [-0.05, 0) is 40.9 Å². The summed E-state index contributed by atoms with van der Waals surface area (Å²) in [6.07, 6.45) is 4.86. The zero-order chi connectivity index (χ0) is 12.3. The van der Waals surface area contributed by atoms with Crippen molar-refractivity contribution in [2.24, 2.45) is 16.6 Å². The summed E-state index contributed by atoms with van der Waals surface area (Å²) >= 11 is 3.48. The van der Waals surface area contributed by atoms with E-state index in [1.807, 2.05) is 18.2 Å². The van der Waals surface area contributed by atoms with E-state index in [4.69, 9.17) is 10.5 Å². The van der Waals surface area contributed by atoms with Crippen molar-refractivity contribution in [3.8, 4) is 5.75 Å². The average Bonchev–Trinajstić information content (AvgIpc) is 2.85. The Morgan fingerprint density at radius 1 is 1.41 bits per heavy atom. The molecular weight excluding hydrogens is 280 g/mol. The number of nitrogens with two attached hydrogens (primary N) is 1. The molecule has 1 aliphatic rings. The number of rotatable bonds is 3. The van der Waals surface area contributed by atoms with Crippen molar-refractivity contribution < 1.29 is 4.74 Å². The molecule has 0 radical (unpaired) electrons. The summed E-state index contributed by atoms with van der Waals surface area (Å²) in [4.78, 5) is 4.52. The Kier molecular flexibility index (Phi) is 4.05. The molecule has 92 valence electrons. The monoisotopic (exact) mass is 296 g/mol. The van der Waals surface area contributed by atoms with E-state index in [1.54, 1.807) is 7.11 Å². The smallest absolute Gasteiger partial charge is 0.121 e. The van der Waals surface area contributed by atoms with Gasteiger partial charge in [0.2, 0.25) is 0 Å². The highest BCUT2D eigenvalue weighted by molar-refractivity contribution is 9.10. The van der Waals surface area contributed by atoms with E-state index in [0.717, 1.165) is 34.6 Å². The lowest BCUT2D eigenvalue weighted by atomic mass is 10.1. The van der Waals surface area contributed by atoms with E-state index in [2.05, 4.69) is 20.9 Å². The Bertz CT molecular complexity index is 425. The van der Waals surface area contributed by atoms with Crippen LogP contribution in [-0.2, 0) is 0 Å². The van der Waals surface area contributed by atoms with Crippen molar-refractivity contribution in [3.63, 3.8) is 0 Å². The minimum Gasteiger partial charge on any atom is -0.497 e. The lowest BCUT2D eigenvalue weighted by molar-refractivity contribution is 0.415. The van der Waals surface area contributed by atoms with Crippen LogP contribution in [0.4, 0.5) is 5.69 Å². The second kappa shape index (κ2) is 5.54. The number of nitrogens with zero attached hydrogens (tertiary/aromatic N) is 1. The molecule has 1 aliphatic carbocycles. The second-order valence-electron chi connectivity index (χ2n) is 4.34. The maximum atomic E-state index is 6.06. The Hall–Kier alpha value is -1.03. The summed E-state index contributed by atoms with van der Waals surface area (Å²) in [5, 5.41) is 0. The summed E-state index contributed by atoms with van der Waals surface area (Å²) in [7, 11) is 1.65. The van der Waals surface area contributed by atoms with Crippen molar-refractivity contribution >= 4 is 27.5 Å². The Morgan fingerprint density at radius 3 is 2.76 bits per heavy atom. The van der Waals surface area contributed by atoms with Gasteiger partial charge in [0.15, 0.2) is 0 Å². The average molecular weight is 297 g/mol. The third kappa shape index (κ3) is 3.00. The van der Waals surface area contributed by atoms with Gasteiger partial charge in [0.05, 0.1) is 12.8 Å². The Balaban J connectivity index is 2.23. The molecule has 0 unspecified atom stereocenters. The van der Waals surface area contributed by atoms with Crippen LogP contribution in [0.15, 0.2) is 27.7 Å². The molecule has 0 amide bonds. The lowest BCUT2D eigenvalue weighted by Crippen LogP contribution is -2.20. The molecule has 0 bridgehead atoms. The minimum atomic E-state index is 0.452. The molecule has 3 nitrogen and oxygen atoms in total. The number of ether oxygens (including phenoxy) is 1. The maximum absolute atomic E-state index is 6.06. The van der Waals surface area contributed by atoms with Crippen LogP contribution in [0.25, 0.3) is 0 Å². The molecule has 0 atom stereocenters. The first-order valence-corrected chi connectivity index (χ1v) is 6.67. The number of aliphatic imine (C=N–C) groups is 1. The predicted molar refractivity (Wildman–Crippen MR) is 73.9 cm³/mol. The number of amidine groups is 1. The van der Waals surface area contributed by atoms with Crippen molar-refractivity contribution in [1.29, 1.82) is 0 Å². The highest BCUT2D eigenvalue weighted by Crippen LogP contribution is 2.31. The molecule has 1 aromatic rings. The van der Waals surface area contributed by atoms with Gasteiger partial charge in [-0.15, -0.1) is 0 Å². The number of halogens is 1. The van der Waals surface area contributed by atoms with Gasteiger partial charge in [0, 0.05) is 16.5 Å². The first-order valence-electron chi connectivity index (χ1n) is 5.88. The Labute approximate surface area is 110 Å². The van der Waals surface area contributed by atoms with Crippen LogP contribution in [0.1, 0.15) is 25.7 Å². The normalized spacial score (nSPS) is 17.4. The van der Waals surface area contributed by atoms with E-state index < -0.39 is 0 Å². The van der Waals surface area contributed by atoms with E-state index in [1.165, 1.54) is 12.8 Å². The molecule has 0 aromatic heterocycles. The van der Waals surface area contributed by atoms with Gasteiger partial charge < -0.3 is 10.5 Å². The van der Waals surface area contributed by atoms with Gasteiger partial charge in [-0.3, -0.25) is 0 Å². The first kappa shape index (κ1) is 12.4. The molecule has 1 aromatic carbocycles. The largest absolute Gasteiger partial charge is 0.497 e. The zero-order valence-electron chi connectivity index (χ0n) is 9.95. The minimum absolute atomic E-state index is 0.452. The summed E-state index contributed by atoms with van der Waals surface area (Å²) in [6.45, 7) is 0. The molecule has 0 aliphatic heterocycles.